The van der Waals surface area contributed by atoms with E-state index in [-0.39, 0.29) is 6.15 Å². The Hall–Kier alpha value is -1.07. The van der Waals surface area contributed by atoms with E-state index in [9.17, 15) is 29.7 Å². The van der Waals surface area contributed by atoms with Crippen LogP contribution in [0.4, 0.5) is 0 Å². The fraction of sp³-hybridized carbons (Fsp3) is 0.667. The van der Waals surface area contributed by atoms with Crippen LogP contribution in [0.5, 0.6) is 0 Å². The van der Waals surface area contributed by atoms with Gasteiger partial charge in [-0.2, -0.15) is 0 Å². The molecular weight excluding hydrogens is 373 g/mol. The number of aliphatic hydroxyl groups excluding tert-OH is 3. The summed E-state index contributed by atoms with van der Waals surface area (Å²) in [7, 11) is 0. The first-order valence-electron chi connectivity index (χ1n) is 4.80. The van der Waals surface area contributed by atoms with Crippen LogP contribution < -0.4 is 21.5 Å². The summed E-state index contributed by atoms with van der Waals surface area (Å²) in [5.74, 6) is -4.31. The predicted octanol–water partition coefficient (Wildman–Crippen LogP) is -5.39. The molecule has 0 heterocycles. The van der Waals surface area contributed by atoms with Crippen molar-refractivity contribution < 1.29 is 72.6 Å². The number of aliphatic hydroxyl groups is 3. The first-order valence-corrected chi connectivity index (χ1v) is 5.81. The molecule has 0 saturated heterocycles. The zero-order valence-electron chi connectivity index (χ0n) is 11.9. The monoisotopic (exact) mass is 391 g/mol. The number of carboxylic acids is 3. The van der Waals surface area contributed by atoms with Gasteiger partial charge in [0.1, 0.15) is 0 Å². The van der Waals surface area contributed by atoms with E-state index in [0.717, 1.165) is 20.8 Å². The first kappa shape index (κ1) is 32.0. The van der Waals surface area contributed by atoms with Crippen LogP contribution in [0.15, 0.2) is 0 Å². The fourth-order valence-corrected chi connectivity index (χ4v) is 0. The molecular formula is C9H19NO10Zr. The van der Waals surface area contributed by atoms with Gasteiger partial charge in [0.2, 0.25) is 0 Å². The molecule has 0 aliphatic carbocycles. The molecule has 3 unspecified atom stereocenters. The molecule has 0 radical (unpaired) electrons. The Bertz CT molecular complexity index is 239. The summed E-state index contributed by atoms with van der Waals surface area (Å²) >= 11 is 0.300. The van der Waals surface area contributed by atoms with E-state index in [1.165, 1.54) is 0 Å². The van der Waals surface area contributed by atoms with Gasteiger partial charge in [-0.25, -0.2) is 0 Å². The van der Waals surface area contributed by atoms with Crippen molar-refractivity contribution in [2.45, 2.75) is 39.1 Å². The maximum absolute atomic E-state index is 9.34. The molecule has 0 amide bonds. The molecule has 0 fully saturated rings. The Kier molecular flexibility index (Phi) is 32.4. The summed E-state index contributed by atoms with van der Waals surface area (Å²) < 4.78 is 8.34. The van der Waals surface area contributed by atoms with Gasteiger partial charge in [0.15, 0.2) is 0 Å². The Labute approximate surface area is 136 Å². The van der Waals surface area contributed by atoms with Gasteiger partial charge < -0.3 is 51.2 Å². The van der Waals surface area contributed by atoms with Crippen molar-refractivity contribution in [3.8, 4) is 0 Å². The van der Waals surface area contributed by atoms with E-state index in [2.05, 4.69) is 0 Å². The molecule has 0 spiro atoms. The molecule has 7 N–H and O–H groups in total. The third-order valence-electron chi connectivity index (χ3n) is 1.02. The number of aliphatic carboxylic acids is 3. The van der Waals surface area contributed by atoms with Gasteiger partial charge in [0, 0.05) is 0 Å². The molecule has 0 rings (SSSR count). The Morgan fingerprint density at radius 2 is 0.762 bits per heavy atom. The maximum atomic E-state index is 9.34. The summed E-state index contributed by atoms with van der Waals surface area (Å²) in [6.45, 7) is 3.40. The third-order valence-corrected chi connectivity index (χ3v) is 1.02. The zero-order valence-corrected chi connectivity index (χ0v) is 14.4. The Morgan fingerprint density at radius 1 is 0.714 bits per heavy atom. The second-order valence-corrected chi connectivity index (χ2v) is 2.99. The van der Waals surface area contributed by atoms with Crippen LogP contribution in [0.3, 0.4) is 0 Å². The predicted molar refractivity (Wildman–Crippen MR) is 56.7 cm³/mol. The summed E-state index contributed by atoms with van der Waals surface area (Å²) in [5.41, 5.74) is 0. The van der Waals surface area contributed by atoms with Gasteiger partial charge >= 0.3 is 27.5 Å². The van der Waals surface area contributed by atoms with Crippen LogP contribution in [0.25, 0.3) is 0 Å². The molecule has 124 valence electrons. The molecule has 21 heavy (non-hydrogen) atoms. The van der Waals surface area contributed by atoms with Crippen LogP contribution >= 0.6 is 0 Å². The number of hydrogen-bond acceptors (Lipinski definition) is 10. The van der Waals surface area contributed by atoms with E-state index in [0.29, 0.717) is 24.7 Å². The summed E-state index contributed by atoms with van der Waals surface area (Å²) in [6, 6.07) is 0. The average molecular weight is 392 g/mol. The molecule has 0 aromatic carbocycles. The zero-order chi connectivity index (χ0) is 17.5. The van der Waals surface area contributed by atoms with Crippen molar-refractivity contribution >= 4 is 17.9 Å². The summed E-state index contributed by atoms with van der Waals surface area (Å²) in [5, 5.41) is 51.9. The van der Waals surface area contributed by atoms with E-state index in [4.69, 9.17) is 18.1 Å². The molecule has 11 nitrogen and oxygen atoms in total. The molecule has 0 aliphatic rings. The molecule has 0 aromatic rings. The minimum atomic E-state index is -1.44. The molecule has 3 atom stereocenters. The number of quaternary nitrogens is 1. The first-order chi connectivity index (χ1) is 8.93. The number of hydrogen-bond donors (Lipinski definition) is 4. The van der Waals surface area contributed by atoms with E-state index in [1.54, 1.807) is 0 Å². The van der Waals surface area contributed by atoms with Gasteiger partial charge in [-0.05, 0) is 20.8 Å². The van der Waals surface area contributed by atoms with E-state index in [1.807, 2.05) is 0 Å². The van der Waals surface area contributed by atoms with E-state index < -0.39 is 36.2 Å². The van der Waals surface area contributed by atoms with Crippen molar-refractivity contribution in [1.82, 2.24) is 6.15 Å². The fourth-order valence-electron chi connectivity index (χ4n) is 0. The van der Waals surface area contributed by atoms with Crippen molar-refractivity contribution in [2.75, 3.05) is 0 Å². The van der Waals surface area contributed by atoms with Crippen LogP contribution in [-0.4, -0.2) is 51.5 Å². The topological polar surface area (TPSA) is 235 Å². The van der Waals surface area contributed by atoms with Crippen molar-refractivity contribution in [3.05, 3.63) is 0 Å². The van der Waals surface area contributed by atoms with Crippen molar-refractivity contribution in [2.24, 2.45) is 0 Å². The van der Waals surface area contributed by atoms with Gasteiger partial charge in [0.05, 0.1) is 36.2 Å². The van der Waals surface area contributed by atoms with Crippen molar-refractivity contribution in [1.29, 1.82) is 0 Å². The normalized spacial score (nSPS) is 12.0. The van der Waals surface area contributed by atoms with Crippen LogP contribution in [0.1, 0.15) is 20.8 Å². The van der Waals surface area contributed by atoms with Crippen LogP contribution in [0.2, 0.25) is 0 Å². The van der Waals surface area contributed by atoms with Gasteiger partial charge in [-0.15, -0.1) is 0 Å². The minimum absolute atomic E-state index is 0. The number of carbonyl (C=O) groups is 3. The van der Waals surface area contributed by atoms with Gasteiger partial charge in [-0.3, -0.25) is 0 Å². The third kappa shape index (κ3) is 45.4. The number of carbonyl (C=O) groups excluding carboxylic acids is 3. The quantitative estimate of drug-likeness (QED) is 0.355. The molecule has 12 heteroatoms. The Morgan fingerprint density at radius 3 is 0.762 bits per heavy atom. The van der Waals surface area contributed by atoms with Crippen LogP contribution in [0, 0.1) is 0 Å². The van der Waals surface area contributed by atoms with Gasteiger partial charge in [0.25, 0.3) is 0 Å². The number of carboxylic acid groups (broad SMARTS) is 3. The SMILES string of the molecule is CC(O)C(=O)[O-].CC(O)C(=O)[O-].CC(O)C(=O)[O-].[NH4+].[O]=[Zr+2]. The van der Waals surface area contributed by atoms with Crippen LogP contribution in [-0.2, 0) is 41.9 Å². The number of rotatable bonds is 3. The summed E-state index contributed by atoms with van der Waals surface area (Å²) in [6.07, 6.45) is -4.03. The van der Waals surface area contributed by atoms with Crippen molar-refractivity contribution in [3.63, 3.8) is 0 Å². The Balaban J connectivity index is -0.0000000561. The molecule has 0 bridgehead atoms. The molecule has 0 aromatic heterocycles. The summed E-state index contributed by atoms with van der Waals surface area (Å²) in [4.78, 5) is 28.0. The second kappa shape index (κ2) is 21.2. The standard InChI is InChI=1S/3C3H6O3.H3N.O.Zr/c3*1-2(4)3(5)6;;;/h3*2,4H,1H3,(H,5,6);1H3;;/q;;;;;+2/p-2. The second-order valence-electron chi connectivity index (χ2n) is 2.99. The van der Waals surface area contributed by atoms with Gasteiger partial charge in [-0.1, -0.05) is 0 Å². The van der Waals surface area contributed by atoms with E-state index >= 15 is 0 Å². The molecule has 0 aliphatic heterocycles. The average Bonchev–Trinajstić information content (AvgIpc) is 2.32. The molecule has 0 saturated carbocycles.